The summed E-state index contributed by atoms with van der Waals surface area (Å²) in [6.45, 7) is 8.95. The molecule has 5 fully saturated rings. The average molecular weight is 634 g/mol. The second-order valence-corrected chi connectivity index (χ2v) is 14.7. The van der Waals surface area contributed by atoms with Crippen LogP contribution in [0.5, 0.6) is 11.8 Å². The number of piperazine rings is 1. The van der Waals surface area contributed by atoms with Gasteiger partial charge in [0.05, 0.1) is 19.8 Å². The summed E-state index contributed by atoms with van der Waals surface area (Å²) in [5.74, 6) is 4.36. The predicted molar refractivity (Wildman–Crippen MR) is 180 cm³/mol. The zero-order valence-corrected chi connectivity index (χ0v) is 26.8. The molecule has 4 atom stereocenters. The van der Waals surface area contributed by atoms with E-state index in [0.717, 1.165) is 93.8 Å². The predicted octanol–water partition coefficient (Wildman–Crippen LogP) is 5.26. The molecule has 0 radical (unpaired) electrons. The molecule has 2 unspecified atom stereocenters. The van der Waals surface area contributed by atoms with Gasteiger partial charge in [-0.15, -0.1) is 6.42 Å². The van der Waals surface area contributed by atoms with Gasteiger partial charge >= 0.3 is 6.01 Å². The Labute approximate surface area is 274 Å². The first-order chi connectivity index (χ1) is 22.9. The van der Waals surface area contributed by atoms with Crippen molar-refractivity contribution in [1.82, 2.24) is 20.2 Å². The number of phenolic OH excluding ortho intramolecular Hbond substituents is 1. The smallest absolute Gasteiger partial charge is 0.319 e. The second-order valence-electron chi connectivity index (χ2n) is 14.7. The number of aromatic nitrogens is 2. The van der Waals surface area contributed by atoms with Crippen molar-refractivity contribution in [2.75, 3.05) is 57.4 Å². The van der Waals surface area contributed by atoms with Crippen LogP contribution in [-0.2, 0) is 4.74 Å². The molecule has 5 heterocycles. The first-order valence-corrected chi connectivity index (χ1v) is 17.0. The van der Waals surface area contributed by atoms with Crippen molar-refractivity contribution in [1.29, 1.82) is 0 Å². The lowest BCUT2D eigenvalue weighted by Gasteiger charge is -2.34. The van der Waals surface area contributed by atoms with E-state index in [-0.39, 0.29) is 22.7 Å². The molecule has 1 aliphatic carbocycles. The topological polar surface area (TPSA) is 83.0 Å². The standard InChI is InChI=1S/C38H40FN5O3/c1-3-23-5-4-6-24-12-29(45)13-30(33(23)24)32-22(2)11-31-35(34(32)39)41-37(42-36(31)44-16-27-7-8-28(17-44)40-27)47-21-38(9-10-38)20-43-14-25-18-46-19-26(25)15-43/h1,4-6,11-13,25-28,40,45H,7-10,14-21H2,2H3/t25-,26+,27?,28?. The van der Waals surface area contributed by atoms with E-state index in [9.17, 15) is 5.11 Å². The third-order valence-electron chi connectivity index (χ3n) is 11.3. The molecule has 1 aromatic heterocycles. The lowest BCUT2D eigenvalue weighted by molar-refractivity contribution is 0.131. The number of nitrogens with one attached hydrogen (secondary N) is 1. The van der Waals surface area contributed by atoms with Crippen molar-refractivity contribution < 1.29 is 19.0 Å². The number of aryl methyl sites for hydroxylation is 1. The number of benzene rings is 3. The zero-order valence-electron chi connectivity index (χ0n) is 26.8. The molecule has 4 aliphatic heterocycles. The van der Waals surface area contributed by atoms with Crippen LogP contribution < -0.4 is 15.0 Å². The van der Waals surface area contributed by atoms with E-state index in [1.165, 1.54) is 0 Å². The fourth-order valence-corrected chi connectivity index (χ4v) is 8.78. The summed E-state index contributed by atoms with van der Waals surface area (Å²) >= 11 is 0. The summed E-state index contributed by atoms with van der Waals surface area (Å²) < 4.78 is 29.3. The van der Waals surface area contributed by atoms with E-state index in [1.807, 2.05) is 31.2 Å². The Bertz CT molecular complexity index is 1930. The van der Waals surface area contributed by atoms with Gasteiger partial charge in [-0.3, -0.25) is 0 Å². The number of anilines is 1. The van der Waals surface area contributed by atoms with Crippen molar-refractivity contribution >= 4 is 27.5 Å². The quantitative estimate of drug-likeness (QED) is 0.267. The van der Waals surface area contributed by atoms with Crippen LogP contribution in [0.25, 0.3) is 32.8 Å². The van der Waals surface area contributed by atoms with Crippen LogP contribution in [0.4, 0.5) is 10.2 Å². The second kappa shape index (κ2) is 11.0. The molecule has 0 amide bonds. The lowest BCUT2D eigenvalue weighted by atomic mass is 9.90. The highest BCUT2D eigenvalue weighted by Gasteiger charge is 2.48. The van der Waals surface area contributed by atoms with Crippen LogP contribution in [0.3, 0.4) is 0 Å². The molecule has 2 N–H and O–H groups in total. The number of aromatic hydroxyl groups is 1. The molecule has 4 saturated heterocycles. The number of terminal acetylenes is 1. The van der Waals surface area contributed by atoms with Crippen molar-refractivity contribution in [3.8, 4) is 35.2 Å². The molecule has 3 aromatic carbocycles. The molecule has 8 nitrogen and oxygen atoms in total. The maximum Gasteiger partial charge on any atom is 0.319 e. The first kappa shape index (κ1) is 29.2. The highest BCUT2D eigenvalue weighted by Crippen LogP contribution is 2.48. The fourth-order valence-electron chi connectivity index (χ4n) is 8.78. The SMILES string of the molecule is C#Cc1cccc2cc(O)cc(-c3c(C)cc4c(N5CC6CCC(C5)N6)nc(OCC5(CN6C[C@H]7COC[C@H]7C6)CC5)nc4c3F)c12. The maximum atomic E-state index is 17.1. The fraction of sp³-hybridized carbons (Fsp3) is 0.474. The van der Waals surface area contributed by atoms with E-state index in [0.29, 0.717) is 52.6 Å². The number of phenols is 1. The number of hydrogen-bond donors (Lipinski definition) is 2. The molecule has 5 aliphatic rings. The number of halogens is 1. The van der Waals surface area contributed by atoms with Crippen molar-refractivity contribution in [3.05, 3.63) is 53.3 Å². The third kappa shape index (κ3) is 5.09. The Morgan fingerprint density at radius 1 is 1.09 bits per heavy atom. The number of ether oxygens (including phenoxy) is 2. The van der Waals surface area contributed by atoms with Gasteiger partial charge in [-0.25, -0.2) is 4.39 Å². The van der Waals surface area contributed by atoms with Crippen molar-refractivity contribution in [2.24, 2.45) is 17.3 Å². The highest BCUT2D eigenvalue weighted by molar-refractivity contribution is 6.04. The minimum atomic E-state index is -0.461. The first-order valence-electron chi connectivity index (χ1n) is 17.0. The van der Waals surface area contributed by atoms with E-state index in [4.69, 9.17) is 25.9 Å². The zero-order chi connectivity index (χ0) is 31.9. The molecule has 9 heteroatoms. The van der Waals surface area contributed by atoms with Gasteiger partial charge in [-0.1, -0.05) is 18.1 Å². The van der Waals surface area contributed by atoms with E-state index >= 15 is 4.39 Å². The monoisotopic (exact) mass is 633 g/mol. The molecule has 0 spiro atoms. The molecule has 242 valence electrons. The minimum Gasteiger partial charge on any atom is -0.508 e. The van der Waals surface area contributed by atoms with Gasteiger partial charge in [0.1, 0.15) is 17.1 Å². The third-order valence-corrected chi connectivity index (χ3v) is 11.3. The van der Waals surface area contributed by atoms with Crippen LogP contribution in [0, 0.1) is 42.3 Å². The summed E-state index contributed by atoms with van der Waals surface area (Å²) in [5.41, 5.74) is 2.59. The van der Waals surface area contributed by atoms with Crippen LogP contribution in [0.15, 0.2) is 36.4 Å². The Morgan fingerprint density at radius 2 is 1.85 bits per heavy atom. The summed E-state index contributed by atoms with van der Waals surface area (Å²) in [6, 6.07) is 11.8. The van der Waals surface area contributed by atoms with Gasteiger partial charge < -0.3 is 29.7 Å². The number of rotatable bonds is 7. The molecule has 9 rings (SSSR count). The largest absolute Gasteiger partial charge is 0.508 e. The summed E-state index contributed by atoms with van der Waals surface area (Å²) in [6.07, 6.45) is 10.4. The average Bonchev–Trinajstić information content (AvgIpc) is 3.30. The summed E-state index contributed by atoms with van der Waals surface area (Å²) in [7, 11) is 0. The van der Waals surface area contributed by atoms with Crippen LogP contribution >= 0.6 is 0 Å². The van der Waals surface area contributed by atoms with Gasteiger partial charge in [0, 0.05) is 84.0 Å². The maximum absolute atomic E-state index is 17.1. The molecule has 2 bridgehead atoms. The van der Waals surface area contributed by atoms with Crippen molar-refractivity contribution in [2.45, 2.75) is 44.7 Å². The van der Waals surface area contributed by atoms with Gasteiger partial charge in [-0.2, -0.15) is 9.97 Å². The molecular formula is C38H40FN5O3. The minimum absolute atomic E-state index is 0.0492. The van der Waals surface area contributed by atoms with E-state index < -0.39 is 5.82 Å². The normalized spacial score (nSPS) is 26.2. The highest BCUT2D eigenvalue weighted by atomic mass is 19.1. The number of nitrogens with zero attached hydrogens (tertiary/aromatic N) is 4. The van der Waals surface area contributed by atoms with Crippen LogP contribution in [0.2, 0.25) is 0 Å². The van der Waals surface area contributed by atoms with Crippen LogP contribution in [-0.4, -0.2) is 84.6 Å². The number of fused-ring (bicyclic) bond motifs is 5. The number of hydrogen-bond acceptors (Lipinski definition) is 8. The Morgan fingerprint density at radius 3 is 2.57 bits per heavy atom. The summed E-state index contributed by atoms with van der Waals surface area (Å²) in [4.78, 5) is 14.7. The van der Waals surface area contributed by atoms with Gasteiger partial charge in [0.15, 0.2) is 5.82 Å². The Kier molecular flexibility index (Phi) is 6.86. The van der Waals surface area contributed by atoms with Crippen LogP contribution in [0.1, 0.15) is 36.8 Å². The molecule has 47 heavy (non-hydrogen) atoms. The molecular weight excluding hydrogens is 593 g/mol. The Balaban J connectivity index is 1.12. The van der Waals surface area contributed by atoms with Crippen molar-refractivity contribution in [3.63, 3.8) is 0 Å². The molecule has 1 saturated carbocycles. The lowest BCUT2D eigenvalue weighted by Crippen LogP contribution is -2.51. The Hall–Kier alpha value is -3.97. The summed E-state index contributed by atoms with van der Waals surface area (Å²) in [5, 5.41) is 16.6. The molecule has 4 aromatic rings. The van der Waals surface area contributed by atoms with E-state index in [1.54, 1.807) is 12.1 Å². The van der Waals surface area contributed by atoms with Gasteiger partial charge in [0.25, 0.3) is 0 Å². The van der Waals surface area contributed by atoms with Gasteiger partial charge in [-0.05, 0) is 73.4 Å². The van der Waals surface area contributed by atoms with E-state index in [2.05, 4.69) is 21.0 Å². The van der Waals surface area contributed by atoms with Gasteiger partial charge in [0.2, 0.25) is 0 Å². The number of likely N-dealkylation sites (tertiary alicyclic amines) is 1.